The van der Waals surface area contributed by atoms with E-state index in [2.05, 4.69) is 21.2 Å². The predicted octanol–water partition coefficient (Wildman–Crippen LogP) is 1.87. The van der Waals surface area contributed by atoms with Crippen molar-refractivity contribution in [3.05, 3.63) is 34.3 Å². The summed E-state index contributed by atoms with van der Waals surface area (Å²) >= 11 is 3.28. The Balaban J connectivity index is 2.34. The van der Waals surface area contributed by atoms with E-state index >= 15 is 0 Å². The van der Waals surface area contributed by atoms with E-state index in [1.807, 2.05) is 6.07 Å². The number of hydrogen-bond donors (Lipinski definition) is 1. The molecule has 1 aromatic carbocycles. The lowest BCUT2D eigenvalue weighted by Gasteiger charge is -2.20. The van der Waals surface area contributed by atoms with E-state index in [1.165, 1.54) is 11.8 Å². The summed E-state index contributed by atoms with van der Waals surface area (Å²) in [5.74, 6) is -1.24. The Labute approximate surface area is 155 Å². The van der Waals surface area contributed by atoms with E-state index in [0.29, 0.717) is 5.56 Å². The normalized spacial score (nSPS) is 11.1. The molecule has 2 amide bonds. The molecular weight excluding hydrogens is 390 g/mol. The number of nitrogens with zero attached hydrogens (tertiary/aromatic N) is 2. The molecule has 8 heteroatoms. The third-order valence-corrected chi connectivity index (χ3v) is 3.84. The summed E-state index contributed by atoms with van der Waals surface area (Å²) in [6.45, 7) is 1.86. The van der Waals surface area contributed by atoms with Crippen molar-refractivity contribution < 1.29 is 19.1 Å². The van der Waals surface area contributed by atoms with Crippen LogP contribution in [-0.4, -0.2) is 48.9 Å². The van der Waals surface area contributed by atoms with E-state index in [1.54, 1.807) is 31.3 Å². The number of nitriles is 1. The van der Waals surface area contributed by atoms with Gasteiger partial charge in [-0.1, -0.05) is 15.9 Å². The largest absolute Gasteiger partial charge is 0.452 e. The van der Waals surface area contributed by atoms with Crippen molar-refractivity contribution in [2.24, 2.45) is 0 Å². The van der Waals surface area contributed by atoms with Crippen LogP contribution in [0.5, 0.6) is 0 Å². The summed E-state index contributed by atoms with van der Waals surface area (Å²) in [6, 6.07) is 8.77. The molecule has 1 rings (SSSR count). The fourth-order valence-corrected chi connectivity index (χ4v) is 2.19. The van der Waals surface area contributed by atoms with Crippen molar-refractivity contribution in [1.29, 1.82) is 5.26 Å². The van der Waals surface area contributed by atoms with Crippen LogP contribution in [0, 0.1) is 11.3 Å². The first-order valence-electron chi connectivity index (χ1n) is 7.70. The lowest BCUT2D eigenvalue weighted by Crippen LogP contribution is -2.38. The molecule has 7 nitrogen and oxygen atoms in total. The van der Waals surface area contributed by atoms with Crippen LogP contribution < -0.4 is 5.32 Å². The molecular formula is C17H20BrN3O4. The van der Waals surface area contributed by atoms with Gasteiger partial charge in [0, 0.05) is 30.2 Å². The van der Waals surface area contributed by atoms with E-state index in [4.69, 9.17) is 10.00 Å². The Hall–Kier alpha value is -2.40. The number of amides is 2. The number of halogens is 1. The first-order valence-corrected chi connectivity index (χ1v) is 8.49. The lowest BCUT2D eigenvalue weighted by molar-refractivity contribution is -0.158. The van der Waals surface area contributed by atoms with Gasteiger partial charge in [0.2, 0.25) is 0 Å². The van der Waals surface area contributed by atoms with Crippen molar-refractivity contribution in [3.8, 4) is 6.07 Å². The average molecular weight is 410 g/mol. The number of carbonyl (C=O) groups excluding carboxylic acids is 3. The van der Waals surface area contributed by atoms with Gasteiger partial charge in [0.05, 0.1) is 18.9 Å². The molecule has 0 aliphatic rings. The second-order valence-electron chi connectivity index (χ2n) is 5.31. The molecule has 0 radical (unpaired) electrons. The molecule has 25 heavy (non-hydrogen) atoms. The van der Waals surface area contributed by atoms with Crippen LogP contribution in [0.2, 0.25) is 0 Å². The summed E-state index contributed by atoms with van der Waals surface area (Å²) < 4.78 is 5.91. The van der Waals surface area contributed by atoms with E-state index in [-0.39, 0.29) is 37.7 Å². The molecule has 0 saturated carbocycles. The summed E-state index contributed by atoms with van der Waals surface area (Å²) in [5, 5.41) is 11.1. The van der Waals surface area contributed by atoms with Crippen molar-refractivity contribution in [2.45, 2.75) is 25.9 Å². The summed E-state index contributed by atoms with van der Waals surface area (Å²) in [5.41, 5.74) is 0.485. The fourth-order valence-electron chi connectivity index (χ4n) is 1.93. The standard InChI is InChI=1S/C17H20BrN3O4/c1-12(17(24)21(2)11-3-9-19)25-15(22)8-10-20-16(23)13-4-6-14(18)7-5-13/h4-7,12H,3,8,10-11H2,1-2H3,(H,20,23)/t12-/m0/s1. The second-order valence-corrected chi connectivity index (χ2v) is 6.23. The van der Waals surface area contributed by atoms with Crippen LogP contribution in [0.3, 0.4) is 0 Å². The second kappa shape index (κ2) is 10.5. The van der Waals surface area contributed by atoms with Gasteiger partial charge in [0.25, 0.3) is 11.8 Å². The molecule has 0 aliphatic heterocycles. The molecule has 1 aromatic rings. The molecule has 0 bridgehead atoms. The smallest absolute Gasteiger partial charge is 0.308 e. The minimum Gasteiger partial charge on any atom is -0.452 e. The van der Waals surface area contributed by atoms with E-state index in [0.717, 1.165) is 4.47 Å². The van der Waals surface area contributed by atoms with Gasteiger partial charge in [0.1, 0.15) is 0 Å². The third-order valence-electron chi connectivity index (χ3n) is 3.31. The molecule has 0 aliphatic carbocycles. The van der Waals surface area contributed by atoms with Crippen LogP contribution in [0.15, 0.2) is 28.7 Å². The van der Waals surface area contributed by atoms with Crippen molar-refractivity contribution in [2.75, 3.05) is 20.1 Å². The zero-order valence-electron chi connectivity index (χ0n) is 14.1. The van der Waals surface area contributed by atoms with Gasteiger partial charge in [-0.3, -0.25) is 14.4 Å². The number of esters is 1. The van der Waals surface area contributed by atoms with Crippen LogP contribution >= 0.6 is 15.9 Å². The average Bonchev–Trinajstić information content (AvgIpc) is 2.59. The minimum absolute atomic E-state index is 0.0399. The highest BCUT2D eigenvalue weighted by molar-refractivity contribution is 9.10. The highest BCUT2D eigenvalue weighted by atomic mass is 79.9. The molecule has 1 atom stereocenters. The predicted molar refractivity (Wildman–Crippen MR) is 94.5 cm³/mol. The highest BCUT2D eigenvalue weighted by Gasteiger charge is 2.21. The number of benzene rings is 1. The number of carbonyl (C=O) groups is 3. The van der Waals surface area contributed by atoms with E-state index in [9.17, 15) is 14.4 Å². The van der Waals surface area contributed by atoms with Gasteiger partial charge in [0.15, 0.2) is 6.10 Å². The number of ether oxygens (including phenoxy) is 1. The van der Waals surface area contributed by atoms with Gasteiger partial charge < -0.3 is 15.0 Å². The Morgan fingerprint density at radius 2 is 1.96 bits per heavy atom. The first-order chi connectivity index (χ1) is 11.8. The maximum absolute atomic E-state index is 11.9. The summed E-state index contributed by atoms with van der Waals surface area (Å²) in [4.78, 5) is 36.9. The van der Waals surface area contributed by atoms with Crippen LogP contribution in [0.25, 0.3) is 0 Å². The monoisotopic (exact) mass is 409 g/mol. The lowest BCUT2D eigenvalue weighted by atomic mass is 10.2. The molecule has 0 spiro atoms. The van der Waals surface area contributed by atoms with Gasteiger partial charge in [-0.25, -0.2) is 0 Å². The molecule has 0 heterocycles. The minimum atomic E-state index is -0.932. The first kappa shape index (κ1) is 20.6. The molecule has 1 N–H and O–H groups in total. The molecule has 0 aromatic heterocycles. The van der Waals surface area contributed by atoms with Crippen LogP contribution in [0.1, 0.15) is 30.1 Å². The fraction of sp³-hybridized carbons (Fsp3) is 0.412. The molecule has 0 fully saturated rings. The number of nitrogens with one attached hydrogen (secondary N) is 1. The topological polar surface area (TPSA) is 99.5 Å². The number of hydrogen-bond acceptors (Lipinski definition) is 5. The summed E-state index contributed by atoms with van der Waals surface area (Å²) in [6.07, 6.45) is -0.759. The Morgan fingerprint density at radius 1 is 1.32 bits per heavy atom. The summed E-state index contributed by atoms with van der Waals surface area (Å²) in [7, 11) is 1.54. The van der Waals surface area contributed by atoms with Crippen LogP contribution in [-0.2, 0) is 14.3 Å². The third kappa shape index (κ3) is 7.35. The zero-order chi connectivity index (χ0) is 18.8. The molecule has 134 valence electrons. The van der Waals surface area contributed by atoms with Crippen molar-refractivity contribution >= 4 is 33.7 Å². The van der Waals surface area contributed by atoms with Crippen molar-refractivity contribution in [3.63, 3.8) is 0 Å². The number of rotatable bonds is 8. The van der Waals surface area contributed by atoms with Crippen molar-refractivity contribution in [1.82, 2.24) is 10.2 Å². The Bertz CT molecular complexity index is 655. The van der Waals surface area contributed by atoms with Gasteiger partial charge in [-0.05, 0) is 31.2 Å². The van der Waals surface area contributed by atoms with Gasteiger partial charge in [-0.15, -0.1) is 0 Å². The Kier molecular flexibility index (Phi) is 8.64. The van der Waals surface area contributed by atoms with E-state index < -0.39 is 12.1 Å². The molecule has 0 saturated heterocycles. The highest BCUT2D eigenvalue weighted by Crippen LogP contribution is 2.10. The van der Waals surface area contributed by atoms with Gasteiger partial charge in [-0.2, -0.15) is 5.26 Å². The zero-order valence-corrected chi connectivity index (χ0v) is 15.7. The van der Waals surface area contributed by atoms with Gasteiger partial charge >= 0.3 is 5.97 Å². The number of likely N-dealkylation sites (N-methyl/N-ethyl adjacent to an activating group) is 1. The molecule has 0 unspecified atom stereocenters. The maximum Gasteiger partial charge on any atom is 0.308 e. The Morgan fingerprint density at radius 3 is 2.56 bits per heavy atom. The quantitative estimate of drug-likeness (QED) is 0.660. The maximum atomic E-state index is 11.9. The van der Waals surface area contributed by atoms with Crippen LogP contribution in [0.4, 0.5) is 0 Å². The SMILES string of the molecule is C[C@H](OC(=O)CCNC(=O)c1ccc(Br)cc1)C(=O)N(C)CCC#N.